The van der Waals surface area contributed by atoms with Crippen molar-refractivity contribution in [1.29, 1.82) is 0 Å². The first-order chi connectivity index (χ1) is 4.38. The van der Waals surface area contributed by atoms with E-state index in [1.54, 1.807) is 17.7 Å². The molecule has 0 aliphatic heterocycles. The Labute approximate surface area is 56.8 Å². The Balaban J connectivity index is 2.99. The summed E-state index contributed by atoms with van der Waals surface area (Å²) in [6.07, 6.45) is 3.60. The van der Waals surface area contributed by atoms with E-state index in [0.717, 1.165) is 10.5 Å². The van der Waals surface area contributed by atoms with E-state index in [0.29, 0.717) is 0 Å². The van der Waals surface area contributed by atoms with E-state index in [1.807, 2.05) is 16.0 Å². The van der Waals surface area contributed by atoms with Crippen molar-refractivity contribution in [3.63, 3.8) is 0 Å². The molecule has 0 aliphatic carbocycles. The zero-order valence-electron chi connectivity index (χ0n) is 4.74. The maximum absolute atomic E-state index is 3.96. The van der Waals surface area contributed by atoms with Gasteiger partial charge in [0.1, 0.15) is 11.2 Å². The topological polar surface area (TPSA) is 17.3 Å². The van der Waals surface area contributed by atoms with Gasteiger partial charge in [0.05, 0.1) is 6.20 Å². The van der Waals surface area contributed by atoms with Crippen LogP contribution in [0.5, 0.6) is 0 Å². The fourth-order valence-electron chi connectivity index (χ4n) is 0.771. The third kappa shape index (κ3) is 0.580. The van der Waals surface area contributed by atoms with Gasteiger partial charge in [0.2, 0.25) is 0 Å². The molecule has 2 rings (SSSR count). The molecule has 45 valence electrons. The van der Waals surface area contributed by atoms with Crippen molar-refractivity contribution in [3.8, 4) is 0 Å². The van der Waals surface area contributed by atoms with Crippen molar-refractivity contribution >= 4 is 16.2 Å². The number of hydrogen-bond donors (Lipinski definition) is 0. The van der Waals surface area contributed by atoms with Gasteiger partial charge in [-0.3, -0.25) is 4.40 Å². The summed E-state index contributed by atoms with van der Waals surface area (Å²) in [7, 11) is 0. The molecule has 2 nitrogen and oxygen atoms in total. The minimum absolute atomic E-state index is 1.01. The number of fused-ring (bicyclic) bond motifs is 1. The summed E-state index contributed by atoms with van der Waals surface area (Å²) >= 11 is 1.66. The molecule has 0 atom stereocenters. The van der Waals surface area contributed by atoms with Crippen LogP contribution in [0.3, 0.4) is 0 Å². The van der Waals surface area contributed by atoms with Gasteiger partial charge in [0, 0.05) is 11.1 Å². The lowest BCUT2D eigenvalue weighted by Gasteiger charge is -1.82. The molecule has 0 fully saturated rings. The van der Waals surface area contributed by atoms with Crippen molar-refractivity contribution in [3.05, 3.63) is 30.5 Å². The quantitative estimate of drug-likeness (QED) is 0.539. The lowest BCUT2D eigenvalue weighted by Crippen LogP contribution is -1.77. The Morgan fingerprint density at radius 2 is 2.56 bits per heavy atom. The average Bonchev–Trinajstić information content (AvgIpc) is 2.35. The highest BCUT2D eigenvalue weighted by atomic mass is 32.1. The van der Waals surface area contributed by atoms with E-state index in [9.17, 15) is 0 Å². The Morgan fingerprint density at radius 1 is 1.67 bits per heavy atom. The second-order valence-corrected chi connectivity index (χ2v) is 2.72. The molecule has 2 heterocycles. The molecule has 9 heavy (non-hydrogen) atoms. The van der Waals surface area contributed by atoms with Gasteiger partial charge < -0.3 is 0 Å². The summed E-state index contributed by atoms with van der Waals surface area (Å²) in [6.45, 7) is 3.81. The van der Waals surface area contributed by atoms with Gasteiger partial charge in [-0.2, -0.15) is 0 Å². The van der Waals surface area contributed by atoms with Crippen molar-refractivity contribution in [1.82, 2.24) is 9.38 Å². The lowest BCUT2D eigenvalue weighted by atomic mass is 10.6. The first kappa shape index (κ1) is 4.99. The highest BCUT2D eigenvalue weighted by molar-refractivity contribution is 7.15. The number of imidazole rings is 1. The molecule has 1 radical (unpaired) electrons. The van der Waals surface area contributed by atoms with Crippen LogP contribution in [0.25, 0.3) is 4.83 Å². The maximum Gasteiger partial charge on any atom is 0.119 e. The lowest BCUT2D eigenvalue weighted by molar-refractivity contribution is 1.14. The molecule has 3 heteroatoms. The first-order valence-electron chi connectivity index (χ1n) is 2.59. The molecule has 0 saturated heterocycles. The summed E-state index contributed by atoms with van der Waals surface area (Å²) in [6, 6.07) is 0. The molecule has 0 N–H and O–H groups in total. The highest BCUT2D eigenvalue weighted by Gasteiger charge is 1.95. The maximum atomic E-state index is 3.96. The number of nitrogens with zero attached hydrogens (tertiary/aromatic N) is 2. The molecule has 0 aromatic carbocycles. The minimum atomic E-state index is 1.01. The van der Waals surface area contributed by atoms with Crippen LogP contribution in [-0.4, -0.2) is 9.38 Å². The molecule has 0 spiro atoms. The summed E-state index contributed by atoms with van der Waals surface area (Å²) in [5, 5.41) is 2.01. The fourth-order valence-corrected chi connectivity index (χ4v) is 1.54. The van der Waals surface area contributed by atoms with Crippen LogP contribution < -0.4 is 0 Å². The smallest absolute Gasteiger partial charge is 0.119 e. The molecule has 0 saturated carbocycles. The monoisotopic (exact) mass is 137 g/mol. The zero-order chi connectivity index (χ0) is 6.27. The predicted octanol–water partition coefficient (Wildman–Crippen LogP) is 1.58. The SMILES string of the molecule is [CH2]c1csc2cncn12. The van der Waals surface area contributed by atoms with E-state index in [-0.39, 0.29) is 0 Å². The predicted molar refractivity (Wildman–Crippen MR) is 37.5 cm³/mol. The molecule has 0 aliphatic rings. The van der Waals surface area contributed by atoms with E-state index in [1.165, 1.54) is 0 Å². The van der Waals surface area contributed by atoms with Crippen LogP contribution in [0.2, 0.25) is 0 Å². The van der Waals surface area contributed by atoms with Gasteiger partial charge in [-0.05, 0) is 6.92 Å². The van der Waals surface area contributed by atoms with Crippen LogP contribution in [0.4, 0.5) is 0 Å². The van der Waals surface area contributed by atoms with Crippen LogP contribution in [0, 0.1) is 6.92 Å². The minimum Gasteiger partial charge on any atom is -0.294 e. The number of aromatic nitrogens is 2. The Bertz CT molecular complexity index is 320. The van der Waals surface area contributed by atoms with Gasteiger partial charge in [-0.1, -0.05) is 0 Å². The third-order valence-electron chi connectivity index (χ3n) is 1.23. The third-order valence-corrected chi connectivity index (χ3v) is 2.16. The second kappa shape index (κ2) is 1.57. The molecule has 0 unspecified atom stereocenters. The average molecular weight is 137 g/mol. The van der Waals surface area contributed by atoms with E-state index in [2.05, 4.69) is 11.9 Å². The van der Waals surface area contributed by atoms with Gasteiger partial charge in [-0.25, -0.2) is 4.98 Å². The molecule has 0 amide bonds. The Hall–Kier alpha value is -0.830. The molecule has 2 aromatic rings. The molecular weight excluding hydrogens is 132 g/mol. The summed E-state index contributed by atoms with van der Waals surface area (Å²) in [5.74, 6) is 0. The van der Waals surface area contributed by atoms with Crippen molar-refractivity contribution in [2.75, 3.05) is 0 Å². The normalized spacial score (nSPS) is 10.8. The van der Waals surface area contributed by atoms with Crippen LogP contribution in [0.1, 0.15) is 5.69 Å². The summed E-state index contributed by atoms with van der Waals surface area (Å²) < 4.78 is 1.96. The first-order valence-corrected chi connectivity index (χ1v) is 3.47. The van der Waals surface area contributed by atoms with Crippen molar-refractivity contribution < 1.29 is 0 Å². The van der Waals surface area contributed by atoms with E-state index < -0.39 is 0 Å². The zero-order valence-corrected chi connectivity index (χ0v) is 5.56. The fraction of sp³-hybridized carbons (Fsp3) is 0. The van der Waals surface area contributed by atoms with Gasteiger partial charge in [0.25, 0.3) is 0 Å². The van der Waals surface area contributed by atoms with Gasteiger partial charge in [0.15, 0.2) is 0 Å². The number of hydrogen-bond acceptors (Lipinski definition) is 2. The van der Waals surface area contributed by atoms with Crippen molar-refractivity contribution in [2.45, 2.75) is 0 Å². The molecule has 2 aromatic heterocycles. The van der Waals surface area contributed by atoms with E-state index >= 15 is 0 Å². The second-order valence-electron chi connectivity index (χ2n) is 1.83. The van der Waals surface area contributed by atoms with Crippen molar-refractivity contribution in [2.24, 2.45) is 0 Å². The van der Waals surface area contributed by atoms with Gasteiger partial charge in [-0.15, -0.1) is 11.3 Å². The molecule has 0 bridgehead atoms. The van der Waals surface area contributed by atoms with Crippen LogP contribution >= 0.6 is 11.3 Å². The summed E-state index contributed by atoms with van der Waals surface area (Å²) in [5.41, 5.74) is 1.01. The van der Waals surface area contributed by atoms with Crippen LogP contribution in [0.15, 0.2) is 17.9 Å². The van der Waals surface area contributed by atoms with E-state index in [4.69, 9.17) is 0 Å². The number of rotatable bonds is 0. The highest BCUT2D eigenvalue weighted by Crippen LogP contribution is 2.13. The van der Waals surface area contributed by atoms with Gasteiger partial charge >= 0.3 is 0 Å². The Morgan fingerprint density at radius 3 is 3.33 bits per heavy atom. The molecular formula is C6H5N2S. The standard InChI is InChI=1S/C6H5N2S/c1-5-3-9-6-2-7-4-8(5)6/h2-4H,1H2. The van der Waals surface area contributed by atoms with Crippen LogP contribution in [-0.2, 0) is 0 Å². The Kier molecular flexibility index (Phi) is 0.873. The summed E-state index contributed by atoms with van der Waals surface area (Å²) in [4.78, 5) is 5.11. The largest absolute Gasteiger partial charge is 0.294 e. The number of thiazole rings is 1.